The lowest BCUT2D eigenvalue weighted by Crippen LogP contribution is -2.18. The summed E-state index contributed by atoms with van der Waals surface area (Å²) in [6, 6.07) is 4.41. The Labute approximate surface area is 97.3 Å². The van der Waals surface area contributed by atoms with Crippen molar-refractivity contribution in [3.05, 3.63) is 40.6 Å². The van der Waals surface area contributed by atoms with Gasteiger partial charge in [-0.1, -0.05) is 0 Å². The molecule has 0 bridgehead atoms. The number of thiazole rings is 1. The summed E-state index contributed by atoms with van der Waals surface area (Å²) < 4.78 is 12.9. The van der Waals surface area contributed by atoms with Crippen LogP contribution in [0.2, 0.25) is 0 Å². The molecule has 0 radical (unpaired) electrons. The van der Waals surface area contributed by atoms with Crippen LogP contribution in [-0.2, 0) is 6.54 Å². The number of hydrogen-bond donors (Lipinski definition) is 1. The van der Waals surface area contributed by atoms with Crippen molar-refractivity contribution in [3.63, 3.8) is 0 Å². The molecule has 0 fully saturated rings. The Morgan fingerprint density at radius 2 is 2.31 bits per heavy atom. The number of nitrogen functional groups attached to an aromatic ring is 1. The van der Waals surface area contributed by atoms with E-state index in [0.29, 0.717) is 12.2 Å². The molecule has 0 aliphatic rings. The van der Waals surface area contributed by atoms with Gasteiger partial charge in [0.1, 0.15) is 5.82 Å². The van der Waals surface area contributed by atoms with Crippen LogP contribution in [0.25, 0.3) is 0 Å². The van der Waals surface area contributed by atoms with Crippen LogP contribution < -0.4 is 10.6 Å². The summed E-state index contributed by atoms with van der Waals surface area (Å²) in [4.78, 5) is 6.14. The van der Waals surface area contributed by atoms with Crippen LogP contribution in [0.3, 0.4) is 0 Å². The van der Waals surface area contributed by atoms with Crippen LogP contribution in [0.4, 0.5) is 15.8 Å². The normalized spacial score (nSPS) is 10.4. The van der Waals surface area contributed by atoms with Gasteiger partial charge in [0.25, 0.3) is 0 Å². The number of anilines is 2. The van der Waals surface area contributed by atoms with E-state index in [1.54, 1.807) is 22.9 Å². The molecule has 2 rings (SSSR count). The number of nitrogens with two attached hydrogens (primary N) is 1. The molecule has 0 atom stereocenters. The maximum atomic E-state index is 12.9. The third-order valence-corrected chi connectivity index (χ3v) is 2.92. The standard InChI is InChI=1S/C11H12FN3S/c1-15(5-9-6-16-7-14-9)11-3-2-8(12)4-10(11)13/h2-4,6-7H,5,13H2,1H3. The van der Waals surface area contributed by atoms with Gasteiger partial charge in [0.2, 0.25) is 0 Å². The Morgan fingerprint density at radius 3 is 2.94 bits per heavy atom. The zero-order valence-electron chi connectivity index (χ0n) is 8.85. The second-order valence-corrected chi connectivity index (χ2v) is 4.26. The summed E-state index contributed by atoms with van der Waals surface area (Å²) in [6.45, 7) is 0.666. The highest BCUT2D eigenvalue weighted by molar-refractivity contribution is 7.07. The number of halogens is 1. The van der Waals surface area contributed by atoms with E-state index in [-0.39, 0.29) is 5.82 Å². The van der Waals surface area contributed by atoms with Gasteiger partial charge < -0.3 is 10.6 Å². The number of benzene rings is 1. The molecular formula is C11H12FN3S. The summed E-state index contributed by atoms with van der Waals surface area (Å²) in [6.07, 6.45) is 0. The molecule has 1 aromatic carbocycles. The zero-order valence-corrected chi connectivity index (χ0v) is 9.67. The van der Waals surface area contributed by atoms with E-state index in [9.17, 15) is 4.39 Å². The third-order valence-electron chi connectivity index (χ3n) is 2.28. The molecule has 2 aromatic rings. The average Bonchev–Trinajstić information content (AvgIpc) is 2.70. The highest BCUT2D eigenvalue weighted by atomic mass is 32.1. The van der Waals surface area contributed by atoms with E-state index in [1.807, 2.05) is 17.3 Å². The van der Waals surface area contributed by atoms with E-state index in [2.05, 4.69) is 4.98 Å². The first-order valence-corrected chi connectivity index (χ1v) is 5.74. The van der Waals surface area contributed by atoms with Crippen molar-refractivity contribution in [3.8, 4) is 0 Å². The van der Waals surface area contributed by atoms with E-state index >= 15 is 0 Å². The molecule has 0 spiro atoms. The molecule has 2 N–H and O–H groups in total. The van der Waals surface area contributed by atoms with Crippen LogP contribution in [0.5, 0.6) is 0 Å². The van der Waals surface area contributed by atoms with Gasteiger partial charge in [-0.05, 0) is 18.2 Å². The number of rotatable bonds is 3. The maximum absolute atomic E-state index is 12.9. The largest absolute Gasteiger partial charge is 0.397 e. The Balaban J connectivity index is 2.17. The van der Waals surface area contributed by atoms with Gasteiger partial charge >= 0.3 is 0 Å². The first-order chi connectivity index (χ1) is 7.66. The topological polar surface area (TPSA) is 42.2 Å². The van der Waals surface area contributed by atoms with Gasteiger partial charge in [-0.15, -0.1) is 11.3 Å². The highest BCUT2D eigenvalue weighted by Crippen LogP contribution is 2.24. The van der Waals surface area contributed by atoms with Gasteiger partial charge in [0.15, 0.2) is 0 Å². The lowest BCUT2D eigenvalue weighted by molar-refractivity contribution is 0.628. The third kappa shape index (κ3) is 2.30. The molecule has 0 amide bonds. The maximum Gasteiger partial charge on any atom is 0.125 e. The molecule has 0 aliphatic carbocycles. The highest BCUT2D eigenvalue weighted by Gasteiger charge is 2.07. The first kappa shape index (κ1) is 10.9. The minimum absolute atomic E-state index is 0.316. The smallest absolute Gasteiger partial charge is 0.125 e. The average molecular weight is 237 g/mol. The molecule has 3 nitrogen and oxygen atoms in total. The fourth-order valence-corrected chi connectivity index (χ4v) is 2.07. The van der Waals surface area contributed by atoms with E-state index in [1.165, 1.54) is 12.1 Å². The van der Waals surface area contributed by atoms with Crippen molar-refractivity contribution in [1.82, 2.24) is 4.98 Å². The number of nitrogens with zero attached hydrogens (tertiary/aromatic N) is 2. The predicted octanol–water partition coefficient (Wildman–Crippen LogP) is 2.50. The fraction of sp³-hybridized carbons (Fsp3) is 0.182. The van der Waals surface area contributed by atoms with Crippen molar-refractivity contribution in [2.75, 3.05) is 17.7 Å². The van der Waals surface area contributed by atoms with Gasteiger partial charge in [0.05, 0.1) is 29.1 Å². The van der Waals surface area contributed by atoms with Crippen molar-refractivity contribution >= 4 is 22.7 Å². The molecule has 0 saturated carbocycles. The monoisotopic (exact) mass is 237 g/mol. The van der Waals surface area contributed by atoms with Crippen molar-refractivity contribution < 1.29 is 4.39 Å². The van der Waals surface area contributed by atoms with Gasteiger partial charge in [-0.3, -0.25) is 0 Å². The molecule has 0 unspecified atom stereocenters. The van der Waals surface area contributed by atoms with Crippen LogP contribution in [0.1, 0.15) is 5.69 Å². The summed E-state index contributed by atoms with van der Waals surface area (Å²) in [5, 5.41) is 1.98. The second kappa shape index (κ2) is 4.49. The molecule has 0 saturated heterocycles. The van der Waals surface area contributed by atoms with Crippen molar-refractivity contribution in [1.29, 1.82) is 0 Å². The van der Waals surface area contributed by atoms with Crippen LogP contribution in [-0.4, -0.2) is 12.0 Å². The molecular weight excluding hydrogens is 225 g/mol. The summed E-state index contributed by atoms with van der Waals surface area (Å²) in [7, 11) is 1.91. The van der Waals surface area contributed by atoms with E-state index in [4.69, 9.17) is 5.73 Å². The second-order valence-electron chi connectivity index (χ2n) is 3.54. The van der Waals surface area contributed by atoms with Crippen LogP contribution >= 0.6 is 11.3 Å². The van der Waals surface area contributed by atoms with Crippen molar-refractivity contribution in [2.24, 2.45) is 0 Å². The molecule has 1 heterocycles. The van der Waals surface area contributed by atoms with Crippen molar-refractivity contribution in [2.45, 2.75) is 6.54 Å². The minimum atomic E-state index is -0.316. The summed E-state index contributed by atoms with van der Waals surface area (Å²) in [5.41, 5.74) is 9.78. The molecule has 16 heavy (non-hydrogen) atoms. The Kier molecular flexibility index (Phi) is 3.05. The predicted molar refractivity (Wildman–Crippen MR) is 65.0 cm³/mol. The van der Waals surface area contributed by atoms with E-state index < -0.39 is 0 Å². The summed E-state index contributed by atoms with van der Waals surface area (Å²) >= 11 is 1.55. The lowest BCUT2D eigenvalue weighted by atomic mass is 10.2. The molecule has 84 valence electrons. The van der Waals surface area contributed by atoms with Crippen LogP contribution in [0, 0.1) is 5.82 Å². The van der Waals surface area contributed by atoms with E-state index in [0.717, 1.165) is 11.4 Å². The Morgan fingerprint density at radius 1 is 1.50 bits per heavy atom. The van der Waals surface area contributed by atoms with Gasteiger partial charge in [-0.25, -0.2) is 9.37 Å². The molecule has 5 heteroatoms. The molecule has 1 aromatic heterocycles. The first-order valence-electron chi connectivity index (χ1n) is 4.80. The van der Waals surface area contributed by atoms with Crippen LogP contribution in [0.15, 0.2) is 29.1 Å². The van der Waals surface area contributed by atoms with Gasteiger partial charge in [0, 0.05) is 12.4 Å². The lowest BCUT2D eigenvalue weighted by Gasteiger charge is -2.19. The summed E-state index contributed by atoms with van der Waals surface area (Å²) in [5.74, 6) is -0.316. The number of aromatic nitrogens is 1. The SMILES string of the molecule is CN(Cc1cscn1)c1ccc(F)cc1N. The zero-order chi connectivity index (χ0) is 11.5. The molecule has 0 aliphatic heterocycles. The Hall–Kier alpha value is -1.62. The Bertz CT molecular complexity index is 470. The van der Waals surface area contributed by atoms with Gasteiger partial charge in [-0.2, -0.15) is 0 Å². The number of hydrogen-bond acceptors (Lipinski definition) is 4. The quantitative estimate of drug-likeness (QED) is 0.834. The minimum Gasteiger partial charge on any atom is -0.397 e. The fourth-order valence-electron chi connectivity index (χ4n) is 1.52.